The van der Waals surface area contributed by atoms with Crippen molar-refractivity contribution in [3.63, 3.8) is 0 Å². The molecule has 2 nitrogen and oxygen atoms in total. The molecule has 1 aliphatic carbocycles. The maximum Gasteiger partial charge on any atom is 0.0580 e. The summed E-state index contributed by atoms with van der Waals surface area (Å²) < 4.78 is 0. The SMILES string of the molecule is Cc1ccc(C(C)NCC2CCCCC2O)cc1. The number of nitrogens with one attached hydrogen (secondary N) is 1. The fraction of sp³-hybridized carbons (Fsp3) is 0.625. The van der Waals surface area contributed by atoms with E-state index in [0.717, 1.165) is 19.4 Å². The van der Waals surface area contributed by atoms with E-state index in [9.17, 15) is 5.11 Å². The molecule has 0 aromatic heterocycles. The number of aliphatic hydroxyl groups is 1. The molecule has 0 saturated heterocycles. The molecule has 3 unspecified atom stereocenters. The first-order chi connectivity index (χ1) is 8.66. The summed E-state index contributed by atoms with van der Waals surface area (Å²) in [5.74, 6) is 0.437. The van der Waals surface area contributed by atoms with E-state index < -0.39 is 0 Å². The lowest BCUT2D eigenvalue weighted by Crippen LogP contribution is -2.34. The van der Waals surface area contributed by atoms with Crippen LogP contribution in [0.2, 0.25) is 0 Å². The molecular formula is C16H25NO. The summed E-state index contributed by atoms with van der Waals surface area (Å²) in [5, 5.41) is 13.5. The molecule has 100 valence electrons. The average Bonchev–Trinajstić information content (AvgIpc) is 2.38. The van der Waals surface area contributed by atoms with Crippen LogP contribution in [0.15, 0.2) is 24.3 Å². The summed E-state index contributed by atoms with van der Waals surface area (Å²) in [6.07, 6.45) is 4.49. The zero-order valence-electron chi connectivity index (χ0n) is 11.5. The molecule has 2 heteroatoms. The highest BCUT2D eigenvalue weighted by Gasteiger charge is 2.23. The normalized spacial score (nSPS) is 25.9. The topological polar surface area (TPSA) is 32.3 Å². The average molecular weight is 247 g/mol. The van der Waals surface area contributed by atoms with Crippen LogP contribution in [-0.2, 0) is 0 Å². The Morgan fingerprint density at radius 3 is 2.56 bits per heavy atom. The second-order valence-corrected chi connectivity index (χ2v) is 5.65. The molecule has 0 heterocycles. The van der Waals surface area contributed by atoms with Gasteiger partial charge in [-0.05, 0) is 38.2 Å². The molecule has 0 amide bonds. The Morgan fingerprint density at radius 2 is 1.89 bits per heavy atom. The molecule has 0 radical (unpaired) electrons. The Bertz CT molecular complexity index is 360. The zero-order valence-corrected chi connectivity index (χ0v) is 11.5. The van der Waals surface area contributed by atoms with Crippen LogP contribution >= 0.6 is 0 Å². The first kappa shape index (κ1) is 13.6. The number of benzene rings is 1. The number of aliphatic hydroxyl groups excluding tert-OH is 1. The van der Waals surface area contributed by atoms with Gasteiger partial charge in [0.15, 0.2) is 0 Å². The molecular weight excluding hydrogens is 222 g/mol. The Kier molecular flexibility index (Phi) is 4.79. The van der Waals surface area contributed by atoms with E-state index in [2.05, 4.69) is 43.4 Å². The van der Waals surface area contributed by atoms with Gasteiger partial charge in [0.2, 0.25) is 0 Å². The van der Waals surface area contributed by atoms with Crippen LogP contribution in [0, 0.1) is 12.8 Å². The molecule has 1 aromatic carbocycles. The summed E-state index contributed by atoms with van der Waals surface area (Å²) in [6, 6.07) is 9.04. The number of aryl methyl sites for hydroxylation is 1. The van der Waals surface area contributed by atoms with Gasteiger partial charge in [0.25, 0.3) is 0 Å². The third-order valence-electron chi connectivity index (χ3n) is 4.13. The van der Waals surface area contributed by atoms with Crippen molar-refractivity contribution in [2.75, 3.05) is 6.54 Å². The van der Waals surface area contributed by atoms with Crippen LogP contribution < -0.4 is 5.32 Å². The zero-order chi connectivity index (χ0) is 13.0. The fourth-order valence-electron chi connectivity index (χ4n) is 2.73. The van der Waals surface area contributed by atoms with Crippen LogP contribution in [0.25, 0.3) is 0 Å². The van der Waals surface area contributed by atoms with Crippen molar-refractivity contribution < 1.29 is 5.11 Å². The van der Waals surface area contributed by atoms with Crippen molar-refractivity contribution in [3.05, 3.63) is 35.4 Å². The van der Waals surface area contributed by atoms with Crippen molar-refractivity contribution >= 4 is 0 Å². The highest BCUT2D eigenvalue weighted by atomic mass is 16.3. The van der Waals surface area contributed by atoms with E-state index in [4.69, 9.17) is 0 Å². The summed E-state index contributed by atoms with van der Waals surface area (Å²) in [5.41, 5.74) is 2.62. The molecule has 2 N–H and O–H groups in total. The lowest BCUT2D eigenvalue weighted by molar-refractivity contribution is 0.0684. The van der Waals surface area contributed by atoms with Crippen LogP contribution in [0.1, 0.15) is 49.8 Å². The molecule has 0 aliphatic heterocycles. The van der Waals surface area contributed by atoms with E-state index in [1.54, 1.807) is 0 Å². The molecule has 18 heavy (non-hydrogen) atoms. The van der Waals surface area contributed by atoms with Gasteiger partial charge in [0.1, 0.15) is 0 Å². The minimum atomic E-state index is -0.100. The quantitative estimate of drug-likeness (QED) is 0.856. The molecule has 0 bridgehead atoms. The predicted octanol–water partition coefficient (Wildman–Crippen LogP) is 3.20. The first-order valence-corrected chi connectivity index (χ1v) is 7.15. The fourth-order valence-corrected chi connectivity index (χ4v) is 2.73. The predicted molar refractivity (Wildman–Crippen MR) is 75.6 cm³/mol. The second kappa shape index (κ2) is 6.35. The van der Waals surface area contributed by atoms with E-state index in [1.165, 1.54) is 24.0 Å². The van der Waals surface area contributed by atoms with Crippen molar-refractivity contribution in [1.29, 1.82) is 0 Å². The molecule has 1 saturated carbocycles. The largest absolute Gasteiger partial charge is 0.393 e. The number of hydrogen-bond acceptors (Lipinski definition) is 2. The van der Waals surface area contributed by atoms with Gasteiger partial charge in [0, 0.05) is 12.6 Å². The lowest BCUT2D eigenvalue weighted by Gasteiger charge is -2.29. The second-order valence-electron chi connectivity index (χ2n) is 5.65. The molecule has 1 aromatic rings. The molecule has 1 fully saturated rings. The highest BCUT2D eigenvalue weighted by molar-refractivity contribution is 5.23. The van der Waals surface area contributed by atoms with E-state index in [-0.39, 0.29) is 6.10 Å². The van der Waals surface area contributed by atoms with Gasteiger partial charge < -0.3 is 10.4 Å². The Hall–Kier alpha value is -0.860. The van der Waals surface area contributed by atoms with E-state index >= 15 is 0 Å². The third kappa shape index (κ3) is 3.56. The molecule has 3 atom stereocenters. The molecule has 1 aliphatic rings. The monoisotopic (exact) mass is 247 g/mol. The molecule has 0 spiro atoms. The Morgan fingerprint density at radius 1 is 1.22 bits per heavy atom. The van der Waals surface area contributed by atoms with Crippen molar-refractivity contribution in [2.45, 2.75) is 51.7 Å². The summed E-state index contributed by atoms with van der Waals surface area (Å²) in [6.45, 7) is 5.23. The number of rotatable bonds is 4. The van der Waals surface area contributed by atoms with Gasteiger partial charge in [0.05, 0.1) is 6.10 Å². The summed E-state index contributed by atoms with van der Waals surface area (Å²) >= 11 is 0. The van der Waals surface area contributed by atoms with Crippen LogP contribution in [-0.4, -0.2) is 17.8 Å². The van der Waals surface area contributed by atoms with Crippen molar-refractivity contribution in [3.8, 4) is 0 Å². The van der Waals surface area contributed by atoms with Gasteiger partial charge in [-0.2, -0.15) is 0 Å². The smallest absolute Gasteiger partial charge is 0.0580 e. The van der Waals surface area contributed by atoms with Crippen LogP contribution in [0.3, 0.4) is 0 Å². The van der Waals surface area contributed by atoms with E-state index in [1.807, 2.05) is 0 Å². The van der Waals surface area contributed by atoms with Crippen LogP contribution in [0.5, 0.6) is 0 Å². The summed E-state index contributed by atoms with van der Waals surface area (Å²) in [7, 11) is 0. The van der Waals surface area contributed by atoms with Gasteiger partial charge in [-0.3, -0.25) is 0 Å². The van der Waals surface area contributed by atoms with Gasteiger partial charge in [-0.25, -0.2) is 0 Å². The van der Waals surface area contributed by atoms with E-state index in [0.29, 0.717) is 12.0 Å². The van der Waals surface area contributed by atoms with Crippen molar-refractivity contribution in [1.82, 2.24) is 5.32 Å². The van der Waals surface area contributed by atoms with Crippen LogP contribution in [0.4, 0.5) is 0 Å². The third-order valence-corrected chi connectivity index (χ3v) is 4.13. The Balaban J connectivity index is 1.83. The maximum absolute atomic E-state index is 9.95. The minimum absolute atomic E-state index is 0.100. The van der Waals surface area contributed by atoms with Gasteiger partial charge in [-0.15, -0.1) is 0 Å². The maximum atomic E-state index is 9.95. The standard InChI is InChI=1S/C16H25NO/c1-12-7-9-14(10-8-12)13(2)17-11-15-5-3-4-6-16(15)18/h7-10,13,15-18H,3-6,11H2,1-2H3. The highest BCUT2D eigenvalue weighted by Crippen LogP contribution is 2.24. The summed E-state index contributed by atoms with van der Waals surface area (Å²) in [4.78, 5) is 0. The molecule has 2 rings (SSSR count). The van der Waals surface area contributed by atoms with Crippen molar-refractivity contribution in [2.24, 2.45) is 5.92 Å². The number of hydrogen-bond donors (Lipinski definition) is 2. The van der Waals surface area contributed by atoms with Gasteiger partial charge >= 0.3 is 0 Å². The minimum Gasteiger partial charge on any atom is -0.393 e. The lowest BCUT2D eigenvalue weighted by atomic mass is 9.86. The first-order valence-electron chi connectivity index (χ1n) is 7.15. The Labute approximate surface area is 110 Å². The van der Waals surface area contributed by atoms with Gasteiger partial charge in [-0.1, -0.05) is 42.7 Å².